The fraction of sp³-hybridized carbons (Fsp3) is 0.250. The van der Waals surface area contributed by atoms with Crippen molar-refractivity contribution in [3.63, 3.8) is 0 Å². The van der Waals surface area contributed by atoms with Crippen molar-refractivity contribution in [3.05, 3.63) is 28.5 Å². The van der Waals surface area contributed by atoms with Crippen molar-refractivity contribution >= 4 is 24.0 Å². The number of nitrogens with two attached hydrogens (primary N) is 1. The normalized spacial score (nSPS) is 12.0. The Morgan fingerprint density at radius 1 is 1.50 bits per heavy atom. The van der Waals surface area contributed by atoms with Gasteiger partial charge in [0.1, 0.15) is 16.6 Å². The van der Waals surface area contributed by atoms with E-state index in [-0.39, 0.29) is 29.6 Å². The minimum Gasteiger partial charge on any atom is -0.506 e. The highest BCUT2D eigenvalue weighted by Gasteiger charge is 2.15. The predicted octanol–water partition coefficient (Wildman–Crippen LogP) is 1.60. The largest absolute Gasteiger partial charge is 0.506 e. The smallest absolute Gasteiger partial charge is 0.145 e. The molecule has 0 saturated carbocycles. The van der Waals surface area contributed by atoms with Crippen molar-refractivity contribution in [2.24, 2.45) is 5.73 Å². The zero-order valence-corrected chi connectivity index (χ0v) is 8.65. The van der Waals surface area contributed by atoms with Gasteiger partial charge in [0.05, 0.1) is 12.6 Å². The number of phenolic OH excluding ortho intramolecular Hbond substituents is 1. The summed E-state index contributed by atoms with van der Waals surface area (Å²) in [4.78, 5) is 0. The lowest BCUT2D eigenvalue weighted by molar-refractivity contribution is 0.265. The predicted molar refractivity (Wildman–Crippen MR) is 54.3 cm³/mol. The fourth-order valence-electron chi connectivity index (χ4n) is 0.952. The highest BCUT2D eigenvalue weighted by Crippen LogP contribution is 2.32. The van der Waals surface area contributed by atoms with Crippen LogP contribution >= 0.6 is 24.0 Å². The Bertz CT molecular complexity index is 322. The van der Waals surface area contributed by atoms with E-state index in [0.29, 0.717) is 0 Å². The van der Waals surface area contributed by atoms with Crippen LogP contribution < -0.4 is 5.73 Å². The number of hydrogen-bond donors (Lipinski definition) is 3. The summed E-state index contributed by atoms with van der Waals surface area (Å²) in [5, 5.41) is 17.6. The van der Waals surface area contributed by atoms with Crippen LogP contribution in [0.3, 0.4) is 0 Å². The Kier molecular flexibility index (Phi) is 5.15. The average Bonchev–Trinajstić information content (AvgIpc) is 2.13. The van der Waals surface area contributed by atoms with Gasteiger partial charge in [-0.3, -0.25) is 0 Å². The monoisotopic (exact) mass is 241 g/mol. The van der Waals surface area contributed by atoms with Gasteiger partial charge in [-0.15, -0.1) is 12.4 Å². The molecule has 0 bridgehead atoms. The first-order chi connectivity index (χ1) is 6.07. The fourth-order valence-corrected chi connectivity index (χ4v) is 1.12. The van der Waals surface area contributed by atoms with Crippen molar-refractivity contribution in [2.75, 3.05) is 6.61 Å². The standard InChI is InChI=1S/C8H9ClFNO2.ClH/c9-7-5(10)2-1-4(8(7)13)6(11)3-12;/h1-2,6,12-13H,3,11H2;1H/t6-;/m1./s1. The molecule has 0 aliphatic heterocycles. The summed E-state index contributed by atoms with van der Waals surface area (Å²) in [6, 6.07) is 1.63. The van der Waals surface area contributed by atoms with Crippen LogP contribution in [0.2, 0.25) is 5.02 Å². The van der Waals surface area contributed by atoms with Gasteiger partial charge in [0.25, 0.3) is 0 Å². The quantitative estimate of drug-likeness (QED) is 0.737. The molecular weight excluding hydrogens is 232 g/mol. The summed E-state index contributed by atoms with van der Waals surface area (Å²) in [5.41, 5.74) is 5.65. The zero-order chi connectivity index (χ0) is 10.0. The third-order valence-corrected chi connectivity index (χ3v) is 2.06. The van der Waals surface area contributed by atoms with E-state index in [4.69, 9.17) is 22.4 Å². The van der Waals surface area contributed by atoms with Crippen LogP contribution in [0.5, 0.6) is 5.75 Å². The molecular formula is C8H10Cl2FNO2. The highest BCUT2D eigenvalue weighted by molar-refractivity contribution is 6.32. The molecule has 1 rings (SSSR count). The molecule has 0 saturated heterocycles. The van der Waals surface area contributed by atoms with Gasteiger partial charge in [0, 0.05) is 5.56 Å². The van der Waals surface area contributed by atoms with Crippen LogP contribution in [0.4, 0.5) is 4.39 Å². The van der Waals surface area contributed by atoms with E-state index in [1.54, 1.807) is 0 Å². The van der Waals surface area contributed by atoms with Crippen LogP contribution in [0.15, 0.2) is 12.1 Å². The molecule has 0 aliphatic rings. The molecule has 6 heteroatoms. The molecule has 0 fully saturated rings. The molecule has 0 radical (unpaired) electrons. The minimum absolute atomic E-state index is 0. The van der Waals surface area contributed by atoms with E-state index in [9.17, 15) is 9.50 Å². The highest BCUT2D eigenvalue weighted by atomic mass is 35.5. The lowest BCUT2D eigenvalue weighted by Crippen LogP contribution is -2.14. The Labute approximate surface area is 91.7 Å². The molecule has 0 aromatic heterocycles. The maximum Gasteiger partial charge on any atom is 0.145 e. The number of halogens is 3. The molecule has 0 spiro atoms. The van der Waals surface area contributed by atoms with E-state index in [1.807, 2.05) is 0 Å². The molecule has 4 N–H and O–H groups in total. The second-order valence-electron chi connectivity index (χ2n) is 2.59. The Morgan fingerprint density at radius 3 is 2.57 bits per heavy atom. The van der Waals surface area contributed by atoms with Gasteiger partial charge in [0.15, 0.2) is 0 Å². The molecule has 0 heterocycles. The van der Waals surface area contributed by atoms with Gasteiger partial charge in [-0.1, -0.05) is 17.7 Å². The third-order valence-electron chi connectivity index (χ3n) is 1.70. The topological polar surface area (TPSA) is 66.5 Å². The number of phenols is 1. The molecule has 0 aliphatic carbocycles. The summed E-state index contributed by atoms with van der Waals surface area (Å²) in [6.45, 7) is -0.338. The molecule has 1 aromatic carbocycles. The summed E-state index contributed by atoms with van der Waals surface area (Å²) >= 11 is 5.42. The molecule has 80 valence electrons. The van der Waals surface area contributed by atoms with E-state index in [2.05, 4.69) is 0 Å². The molecule has 1 aromatic rings. The van der Waals surface area contributed by atoms with E-state index >= 15 is 0 Å². The Morgan fingerprint density at radius 2 is 2.07 bits per heavy atom. The second kappa shape index (κ2) is 5.36. The molecule has 14 heavy (non-hydrogen) atoms. The Hall–Kier alpha value is -0.550. The number of rotatable bonds is 2. The van der Waals surface area contributed by atoms with Crippen molar-refractivity contribution in [3.8, 4) is 5.75 Å². The second-order valence-corrected chi connectivity index (χ2v) is 2.97. The number of hydrogen-bond acceptors (Lipinski definition) is 3. The van der Waals surface area contributed by atoms with Gasteiger partial charge < -0.3 is 15.9 Å². The van der Waals surface area contributed by atoms with Crippen LogP contribution in [-0.2, 0) is 0 Å². The SMILES string of the molecule is Cl.N[C@H](CO)c1ccc(F)c(Cl)c1O. The summed E-state index contributed by atoms with van der Waals surface area (Å²) in [5.74, 6) is -1.13. The van der Waals surface area contributed by atoms with Crippen molar-refractivity contribution in [1.29, 1.82) is 0 Å². The molecule has 1 atom stereocenters. The zero-order valence-electron chi connectivity index (χ0n) is 7.08. The van der Waals surface area contributed by atoms with Crippen LogP contribution in [0.25, 0.3) is 0 Å². The average molecular weight is 242 g/mol. The van der Waals surface area contributed by atoms with Gasteiger partial charge in [-0.2, -0.15) is 0 Å². The van der Waals surface area contributed by atoms with Crippen LogP contribution in [0, 0.1) is 5.82 Å². The first kappa shape index (κ1) is 13.4. The maximum absolute atomic E-state index is 12.7. The Balaban J connectivity index is 0.00000169. The van der Waals surface area contributed by atoms with Crippen molar-refractivity contribution in [1.82, 2.24) is 0 Å². The van der Waals surface area contributed by atoms with Gasteiger partial charge in [0.2, 0.25) is 0 Å². The van der Waals surface area contributed by atoms with Crippen LogP contribution in [-0.4, -0.2) is 16.8 Å². The number of aliphatic hydroxyl groups excluding tert-OH is 1. The molecule has 3 nitrogen and oxygen atoms in total. The van der Waals surface area contributed by atoms with Crippen molar-refractivity contribution < 1.29 is 14.6 Å². The number of benzene rings is 1. The van der Waals surface area contributed by atoms with Crippen LogP contribution in [0.1, 0.15) is 11.6 Å². The van der Waals surface area contributed by atoms with E-state index < -0.39 is 17.6 Å². The van der Waals surface area contributed by atoms with Gasteiger partial charge >= 0.3 is 0 Å². The van der Waals surface area contributed by atoms with Crippen molar-refractivity contribution in [2.45, 2.75) is 6.04 Å². The first-order valence-electron chi connectivity index (χ1n) is 3.61. The third kappa shape index (κ3) is 2.48. The number of aromatic hydroxyl groups is 1. The molecule has 0 unspecified atom stereocenters. The number of aliphatic hydroxyl groups is 1. The van der Waals surface area contributed by atoms with Gasteiger partial charge in [-0.05, 0) is 6.07 Å². The van der Waals surface area contributed by atoms with E-state index in [1.165, 1.54) is 6.07 Å². The van der Waals surface area contributed by atoms with Gasteiger partial charge in [-0.25, -0.2) is 4.39 Å². The summed E-state index contributed by atoms with van der Waals surface area (Å²) in [6.07, 6.45) is 0. The lowest BCUT2D eigenvalue weighted by atomic mass is 10.1. The summed E-state index contributed by atoms with van der Waals surface area (Å²) < 4.78 is 12.7. The minimum atomic E-state index is -0.752. The molecule has 0 amide bonds. The lowest BCUT2D eigenvalue weighted by Gasteiger charge is -2.11. The van der Waals surface area contributed by atoms with E-state index in [0.717, 1.165) is 6.07 Å². The maximum atomic E-state index is 12.7. The first-order valence-corrected chi connectivity index (χ1v) is 3.99. The summed E-state index contributed by atoms with van der Waals surface area (Å²) in [7, 11) is 0.